The lowest BCUT2D eigenvalue weighted by atomic mass is 9.77. The van der Waals surface area contributed by atoms with Gasteiger partial charge in [-0.25, -0.2) is 0 Å². The summed E-state index contributed by atoms with van der Waals surface area (Å²) < 4.78 is 17.4. The van der Waals surface area contributed by atoms with Gasteiger partial charge in [-0.1, -0.05) is 53.0 Å². The van der Waals surface area contributed by atoms with Crippen LogP contribution in [0.5, 0.6) is 5.75 Å². The van der Waals surface area contributed by atoms with E-state index in [1.165, 1.54) is 0 Å². The van der Waals surface area contributed by atoms with Gasteiger partial charge in [0.25, 0.3) is 0 Å². The van der Waals surface area contributed by atoms with Crippen molar-refractivity contribution in [3.63, 3.8) is 0 Å². The Labute approximate surface area is 190 Å². The third-order valence-electron chi connectivity index (χ3n) is 5.71. The lowest BCUT2D eigenvalue weighted by Gasteiger charge is -2.37. The van der Waals surface area contributed by atoms with Crippen LogP contribution in [0.2, 0.25) is 15.1 Å². The largest absolute Gasteiger partial charge is 0.496 e. The first kappa shape index (κ1) is 21.5. The molecule has 1 saturated carbocycles. The topological polar surface area (TPSA) is 44.8 Å². The number of Topliss-reactive ketones (excluding diaryl/α,β-unsaturated/α-hetero) is 1. The zero-order valence-corrected chi connectivity index (χ0v) is 18.6. The van der Waals surface area contributed by atoms with Gasteiger partial charge in [0.05, 0.1) is 47.6 Å². The number of halogens is 3. The van der Waals surface area contributed by atoms with Crippen molar-refractivity contribution in [1.29, 1.82) is 0 Å². The van der Waals surface area contributed by atoms with Crippen molar-refractivity contribution in [3.05, 3.63) is 68.9 Å². The molecule has 1 aliphatic carbocycles. The molecule has 1 heterocycles. The molecule has 158 valence electrons. The molecule has 1 aliphatic heterocycles. The smallest absolute Gasteiger partial charge is 0.173 e. The van der Waals surface area contributed by atoms with E-state index in [1.807, 2.05) is 24.3 Å². The van der Waals surface area contributed by atoms with Gasteiger partial charge in [0, 0.05) is 22.6 Å². The van der Waals surface area contributed by atoms with E-state index < -0.39 is 0 Å². The van der Waals surface area contributed by atoms with Crippen molar-refractivity contribution in [2.45, 2.75) is 38.1 Å². The molecular formula is C23H21Cl3O4. The van der Waals surface area contributed by atoms with Gasteiger partial charge in [0.1, 0.15) is 11.9 Å². The van der Waals surface area contributed by atoms with E-state index in [0.717, 1.165) is 12.0 Å². The molecule has 0 spiro atoms. The summed E-state index contributed by atoms with van der Waals surface area (Å²) >= 11 is 18.6. The Morgan fingerprint density at radius 1 is 1.07 bits per heavy atom. The molecule has 1 fully saturated rings. The molecule has 0 amide bonds. The van der Waals surface area contributed by atoms with Gasteiger partial charge in [0.15, 0.2) is 5.78 Å². The second-order valence-electron chi connectivity index (χ2n) is 7.44. The molecule has 0 bridgehead atoms. The average molecular weight is 468 g/mol. The van der Waals surface area contributed by atoms with E-state index >= 15 is 0 Å². The number of ketones is 1. The molecular weight excluding hydrogens is 447 g/mol. The molecule has 3 unspecified atom stereocenters. The van der Waals surface area contributed by atoms with Crippen molar-refractivity contribution in [3.8, 4) is 5.75 Å². The predicted molar refractivity (Wildman–Crippen MR) is 118 cm³/mol. The highest BCUT2D eigenvalue weighted by atomic mass is 35.5. The normalized spacial score (nSPS) is 23.4. The zero-order valence-electron chi connectivity index (χ0n) is 16.4. The summed E-state index contributed by atoms with van der Waals surface area (Å²) in [6.07, 6.45) is 3.38. The Morgan fingerprint density at radius 3 is 2.63 bits per heavy atom. The van der Waals surface area contributed by atoms with Crippen LogP contribution in [-0.2, 0) is 20.9 Å². The Morgan fingerprint density at radius 2 is 1.83 bits per heavy atom. The Bertz CT molecular complexity index is 988. The molecule has 3 atom stereocenters. The van der Waals surface area contributed by atoms with E-state index in [1.54, 1.807) is 25.5 Å². The minimum atomic E-state index is -0.208. The van der Waals surface area contributed by atoms with Crippen molar-refractivity contribution < 1.29 is 19.0 Å². The molecule has 2 aromatic rings. The Hall–Kier alpha value is -1.72. The summed E-state index contributed by atoms with van der Waals surface area (Å²) in [7, 11) is 1.59. The maximum absolute atomic E-state index is 13.1. The average Bonchev–Trinajstić information content (AvgIpc) is 2.76. The Balaban J connectivity index is 1.44. The number of fused-ring (bicyclic) bond motifs is 1. The van der Waals surface area contributed by atoms with E-state index in [9.17, 15) is 4.79 Å². The standard InChI is InChI=1S/C23H21Cl3O4/c1-28-20-5-3-2-4-14(20)16-11-30-21-10-13(6-7-15(21)23(16)27)29-12-17-18(24)8-9-19(25)22(17)26/h2-5,8-9,11,13,15,21H,6-7,10,12H2,1H3. The first-order chi connectivity index (χ1) is 14.5. The first-order valence-corrected chi connectivity index (χ1v) is 10.9. The minimum absolute atomic E-state index is 0.0497. The monoisotopic (exact) mass is 466 g/mol. The Kier molecular flexibility index (Phi) is 6.59. The first-order valence-electron chi connectivity index (χ1n) is 9.76. The lowest BCUT2D eigenvalue weighted by Crippen LogP contribution is -2.41. The van der Waals surface area contributed by atoms with Gasteiger partial charge in [-0.3, -0.25) is 4.79 Å². The van der Waals surface area contributed by atoms with Crippen LogP contribution in [0.25, 0.3) is 5.57 Å². The van der Waals surface area contributed by atoms with Crippen molar-refractivity contribution in [1.82, 2.24) is 0 Å². The van der Waals surface area contributed by atoms with Crippen LogP contribution in [-0.4, -0.2) is 25.1 Å². The van der Waals surface area contributed by atoms with Gasteiger partial charge in [-0.05, 0) is 31.0 Å². The van der Waals surface area contributed by atoms with Crippen LogP contribution in [0.1, 0.15) is 30.4 Å². The van der Waals surface area contributed by atoms with Crippen LogP contribution in [0.4, 0.5) is 0 Å². The summed E-state index contributed by atoms with van der Waals surface area (Å²) in [5.74, 6) is 0.565. The molecule has 7 heteroatoms. The third kappa shape index (κ3) is 4.19. The fourth-order valence-electron chi connectivity index (χ4n) is 4.07. The number of carbonyl (C=O) groups excluding carboxylic acids is 1. The number of carbonyl (C=O) groups is 1. The van der Waals surface area contributed by atoms with Crippen LogP contribution in [0.3, 0.4) is 0 Å². The van der Waals surface area contributed by atoms with Crippen molar-refractivity contribution >= 4 is 46.2 Å². The molecule has 0 aromatic heterocycles. The molecule has 2 aromatic carbocycles. The van der Waals surface area contributed by atoms with Crippen LogP contribution < -0.4 is 4.74 Å². The third-order valence-corrected chi connectivity index (χ3v) is 6.90. The van der Waals surface area contributed by atoms with E-state index in [4.69, 9.17) is 49.0 Å². The van der Waals surface area contributed by atoms with Gasteiger partial charge in [-0.15, -0.1) is 0 Å². The van der Waals surface area contributed by atoms with E-state index in [0.29, 0.717) is 44.8 Å². The maximum Gasteiger partial charge on any atom is 0.173 e. The summed E-state index contributed by atoms with van der Waals surface area (Å²) in [6.45, 7) is 0.260. The fraction of sp³-hybridized carbons (Fsp3) is 0.348. The molecule has 30 heavy (non-hydrogen) atoms. The van der Waals surface area contributed by atoms with Crippen LogP contribution in [0, 0.1) is 5.92 Å². The summed E-state index contributed by atoms with van der Waals surface area (Å²) in [5, 5.41) is 1.37. The molecule has 0 saturated heterocycles. The number of hydrogen-bond acceptors (Lipinski definition) is 4. The summed E-state index contributed by atoms with van der Waals surface area (Å²) in [5.41, 5.74) is 1.99. The maximum atomic E-state index is 13.1. The second-order valence-corrected chi connectivity index (χ2v) is 8.64. The number of hydrogen-bond donors (Lipinski definition) is 0. The fourth-order valence-corrected chi connectivity index (χ4v) is 4.73. The number of benzene rings is 2. The number of methoxy groups -OCH3 is 1. The van der Waals surface area contributed by atoms with Gasteiger partial charge in [-0.2, -0.15) is 0 Å². The van der Waals surface area contributed by atoms with Crippen molar-refractivity contribution in [2.24, 2.45) is 5.92 Å². The van der Waals surface area contributed by atoms with Crippen LogP contribution in [0.15, 0.2) is 42.7 Å². The number of para-hydroxylation sites is 1. The van der Waals surface area contributed by atoms with Crippen molar-refractivity contribution in [2.75, 3.05) is 7.11 Å². The lowest BCUT2D eigenvalue weighted by molar-refractivity contribution is -0.128. The van der Waals surface area contributed by atoms with Gasteiger partial charge in [0.2, 0.25) is 0 Å². The highest BCUT2D eigenvalue weighted by Crippen LogP contribution is 2.40. The number of rotatable bonds is 5. The van der Waals surface area contributed by atoms with Crippen LogP contribution >= 0.6 is 34.8 Å². The molecule has 2 aliphatic rings. The molecule has 4 nitrogen and oxygen atoms in total. The molecule has 4 rings (SSSR count). The van der Waals surface area contributed by atoms with E-state index in [-0.39, 0.29) is 30.5 Å². The van der Waals surface area contributed by atoms with Gasteiger partial charge < -0.3 is 14.2 Å². The summed E-state index contributed by atoms with van der Waals surface area (Å²) in [6, 6.07) is 10.8. The minimum Gasteiger partial charge on any atom is -0.496 e. The number of allylic oxidation sites excluding steroid dienone is 1. The van der Waals surface area contributed by atoms with Gasteiger partial charge >= 0.3 is 0 Å². The predicted octanol–water partition coefficient (Wildman–Crippen LogP) is 6.35. The molecule has 0 N–H and O–H groups in total. The SMILES string of the molecule is COc1ccccc1C1=COC2CC(OCc3c(Cl)ccc(Cl)c3Cl)CCC2C1=O. The second kappa shape index (κ2) is 9.19. The highest BCUT2D eigenvalue weighted by molar-refractivity contribution is 6.44. The summed E-state index contributed by atoms with van der Waals surface area (Å²) in [4.78, 5) is 13.1. The number of ether oxygens (including phenoxy) is 3. The highest BCUT2D eigenvalue weighted by Gasteiger charge is 2.41. The quantitative estimate of drug-likeness (QED) is 0.481. The molecule has 0 radical (unpaired) electrons. The van der Waals surface area contributed by atoms with E-state index in [2.05, 4.69) is 0 Å². The zero-order chi connectivity index (χ0) is 21.3.